The molecule has 1 aromatic rings. The third-order valence-electron chi connectivity index (χ3n) is 4.79. The summed E-state index contributed by atoms with van der Waals surface area (Å²) in [6, 6.07) is 3.26. The van der Waals surface area contributed by atoms with Crippen LogP contribution >= 0.6 is 15.9 Å². The number of nitrogens with one attached hydrogen (secondary N) is 2. The van der Waals surface area contributed by atoms with Crippen molar-refractivity contribution in [3.8, 4) is 0 Å². The molecule has 1 aliphatic heterocycles. The summed E-state index contributed by atoms with van der Waals surface area (Å²) in [6.07, 6.45) is 7.08. The SMILES string of the molecule is Fc1cc(F)c(NC2CCCCC2C2CCCN2)cc1Br. The second-order valence-electron chi connectivity index (χ2n) is 6.15. The molecule has 1 heterocycles. The number of benzene rings is 1. The maximum absolute atomic E-state index is 14.0. The van der Waals surface area contributed by atoms with Crippen LogP contribution in [0, 0.1) is 17.6 Å². The van der Waals surface area contributed by atoms with Gasteiger partial charge in [-0.25, -0.2) is 8.78 Å². The average Bonchev–Trinajstić information content (AvgIpc) is 2.99. The van der Waals surface area contributed by atoms with E-state index in [1.165, 1.54) is 38.2 Å². The molecule has 1 aromatic carbocycles. The zero-order valence-electron chi connectivity index (χ0n) is 12.0. The molecular formula is C16H21BrF2N2. The van der Waals surface area contributed by atoms with Crippen LogP contribution in [0.15, 0.2) is 16.6 Å². The van der Waals surface area contributed by atoms with Crippen LogP contribution in [0.2, 0.25) is 0 Å². The maximum atomic E-state index is 14.0. The molecule has 2 fully saturated rings. The van der Waals surface area contributed by atoms with Gasteiger partial charge in [0.15, 0.2) is 0 Å². The summed E-state index contributed by atoms with van der Waals surface area (Å²) < 4.78 is 27.6. The highest BCUT2D eigenvalue weighted by Crippen LogP contribution is 2.34. The van der Waals surface area contributed by atoms with Gasteiger partial charge in [0.25, 0.3) is 0 Å². The molecule has 1 saturated carbocycles. The summed E-state index contributed by atoms with van der Waals surface area (Å²) in [4.78, 5) is 0. The molecule has 3 rings (SSSR count). The Morgan fingerprint density at radius 2 is 1.86 bits per heavy atom. The molecule has 0 amide bonds. The first-order valence-corrected chi connectivity index (χ1v) is 8.59. The van der Waals surface area contributed by atoms with Crippen LogP contribution in [0.3, 0.4) is 0 Å². The quantitative estimate of drug-likeness (QED) is 0.780. The Balaban J connectivity index is 1.76. The van der Waals surface area contributed by atoms with Crippen molar-refractivity contribution in [3.05, 3.63) is 28.2 Å². The van der Waals surface area contributed by atoms with Crippen LogP contribution in [0.4, 0.5) is 14.5 Å². The van der Waals surface area contributed by atoms with E-state index in [9.17, 15) is 8.78 Å². The lowest BCUT2D eigenvalue weighted by molar-refractivity contribution is 0.262. The standard InChI is InChI=1S/C16H21BrF2N2/c17-11-8-16(13(19)9-12(11)18)21-15-5-2-1-4-10(15)14-6-3-7-20-14/h8-10,14-15,20-21H,1-7H2. The summed E-state index contributed by atoms with van der Waals surface area (Å²) in [6.45, 7) is 1.09. The molecule has 21 heavy (non-hydrogen) atoms. The summed E-state index contributed by atoms with van der Waals surface area (Å²) in [5.41, 5.74) is 0.401. The van der Waals surface area contributed by atoms with Gasteiger partial charge in [0, 0.05) is 18.2 Å². The minimum absolute atomic E-state index is 0.265. The fraction of sp³-hybridized carbons (Fsp3) is 0.625. The highest BCUT2D eigenvalue weighted by molar-refractivity contribution is 9.10. The van der Waals surface area contributed by atoms with Crippen molar-refractivity contribution in [1.29, 1.82) is 0 Å². The van der Waals surface area contributed by atoms with Gasteiger partial charge in [-0.05, 0) is 60.1 Å². The highest BCUT2D eigenvalue weighted by atomic mass is 79.9. The van der Waals surface area contributed by atoms with Crippen molar-refractivity contribution in [3.63, 3.8) is 0 Å². The van der Waals surface area contributed by atoms with Gasteiger partial charge in [-0.15, -0.1) is 0 Å². The summed E-state index contributed by atoms with van der Waals surface area (Å²) >= 11 is 3.13. The number of anilines is 1. The van der Waals surface area contributed by atoms with E-state index < -0.39 is 11.6 Å². The van der Waals surface area contributed by atoms with E-state index in [0.717, 1.165) is 19.0 Å². The van der Waals surface area contributed by atoms with Gasteiger partial charge >= 0.3 is 0 Å². The number of hydrogen-bond acceptors (Lipinski definition) is 2. The fourth-order valence-corrected chi connectivity index (χ4v) is 4.07. The first-order valence-electron chi connectivity index (χ1n) is 7.79. The highest BCUT2D eigenvalue weighted by Gasteiger charge is 2.33. The Kier molecular flexibility index (Phi) is 4.79. The Bertz CT molecular complexity index is 503. The van der Waals surface area contributed by atoms with E-state index >= 15 is 0 Å². The molecule has 2 aliphatic rings. The molecule has 3 atom stereocenters. The van der Waals surface area contributed by atoms with Crippen LogP contribution < -0.4 is 10.6 Å². The van der Waals surface area contributed by atoms with E-state index in [0.29, 0.717) is 22.1 Å². The van der Waals surface area contributed by atoms with Crippen molar-refractivity contribution in [2.45, 2.75) is 50.6 Å². The van der Waals surface area contributed by atoms with Crippen molar-refractivity contribution in [2.24, 2.45) is 5.92 Å². The van der Waals surface area contributed by atoms with Crippen molar-refractivity contribution in [1.82, 2.24) is 5.32 Å². The van der Waals surface area contributed by atoms with Gasteiger partial charge in [-0.3, -0.25) is 0 Å². The predicted molar refractivity (Wildman–Crippen MR) is 84.5 cm³/mol. The Morgan fingerprint density at radius 1 is 1.05 bits per heavy atom. The first kappa shape index (κ1) is 15.2. The minimum atomic E-state index is -0.560. The molecule has 2 N–H and O–H groups in total. The van der Waals surface area contributed by atoms with Gasteiger partial charge in [-0.2, -0.15) is 0 Å². The third-order valence-corrected chi connectivity index (χ3v) is 5.39. The van der Waals surface area contributed by atoms with Gasteiger partial charge in [0.05, 0.1) is 10.2 Å². The molecule has 2 nitrogen and oxygen atoms in total. The summed E-state index contributed by atoms with van der Waals surface area (Å²) in [5, 5.41) is 6.91. The van der Waals surface area contributed by atoms with Gasteiger partial charge in [0.1, 0.15) is 11.6 Å². The third kappa shape index (κ3) is 3.39. The smallest absolute Gasteiger partial charge is 0.149 e. The van der Waals surface area contributed by atoms with Gasteiger partial charge in [-0.1, -0.05) is 12.8 Å². The van der Waals surface area contributed by atoms with Crippen molar-refractivity contribution in [2.75, 3.05) is 11.9 Å². The van der Waals surface area contributed by atoms with E-state index in [2.05, 4.69) is 26.6 Å². The largest absolute Gasteiger partial charge is 0.380 e. The average molecular weight is 359 g/mol. The molecule has 0 bridgehead atoms. The number of rotatable bonds is 3. The Labute approximate surface area is 132 Å². The second-order valence-corrected chi connectivity index (χ2v) is 7.00. The lowest BCUT2D eigenvalue weighted by Gasteiger charge is -2.37. The number of hydrogen-bond donors (Lipinski definition) is 2. The topological polar surface area (TPSA) is 24.1 Å². The molecule has 0 radical (unpaired) electrons. The molecule has 0 aromatic heterocycles. The maximum Gasteiger partial charge on any atom is 0.149 e. The normalized spacial score (nSPS) is 29.6. The second kappa shape index (κ2) is 6.61. The van der Waals surface area contributed by atoms with Crippen LogP contribution in [0.5, 0.6) is 0 Å². The predicted octanol–water partition coefficient (Wildman–Crippen LogP) is 4.45. The summed E-state index contributed by atoms with van der Waals surface area (Å²) in [7, 11) is 0. The fourth-order valence-electron chi connectivity index (χ4n) is 3.73. The van der Waals surface area contributed by atoms with E-state index in [1.807, 2.05) is 0 Å². The minimum Gasteiger partial charge on any atom is -0.380 e. The van der Waals surface area contributed by atoms with Crippen molar-refractivity contribution < 1.29 is 8.78 Å². The lowest BCUT2D eigenvalue weighted by atomic mass is 9.79. The van der Waals surface area contributed by atoms with Crippen molar-refractivity contribution >= 4 is 21.6 Å². The molecule has 5 heteroatoms. The summed E-state index contributed by atoms with van der Waals surface area (Å²) in [5.74, 6) is -0.542. The van der Waals surface area contributed by atoms with E-state index in [1.54, 1.807) is 0 Å². The first-order chi connectivity index (χ1) is 10.1. The molecule has 1 aliphatic carbocycles. The van der Waals surface area contributed by atoms with Crippen LogP contribution in [-0.4, -0.2) is 18.6 Å². The van der Waals surface area contributed by atoms with Crippen LogP contribution in [-0.2, 0) is 0 Å². The van der Waals surface area contributed by atoms with E-state index in [-0.39, 0.29) is 6.04 Å². The molecule has 3 unspecified atom stereocenters. The zero-order chi connectivity index (χ0) is 14.8. The van der Waals surface area contributed by atoms with E-state index in [4.69, 9.17) is 0 Å². The zero-order valence-corrected chi connectivity index (χ0v) is 13.6. The Morgan fingerprint density at radius 3 is 2.62 bits per heavy atom. The van der Waals surface area contributed by atoms with Crippen LogP contribution in [0.25, 0.3) is 0 Å². The monoisotopic (exact) mass is 358 g/mol. The molecule has 0 spiro atoms. The molecule has 116 valence electrons. The molecule has 1 saturated heterocycles. The molecular weight excluding hydrogens is 338 g/mol. The number of halogens is 3. The van der Waals surface area contributed by atoms with Gasteiger partial charge in [0.2, 0.25) is 0 Å². The Hall–Kier alpha value is -0.680. The van der Waals surface area contributed by atoms with Crippen LogP contribution in [0.1, 0.15) is 38.5 Å². The van der Waals surface area contributed by atoms with Gasteiger partial charge < -0.3 is 10.6 Å². The lowest BCUT2D eigenvalue weighted by Crippen LogP contribution is -2.43.